The van der Waals surface area contributed by atoms with E-state index in [2.05, 4.69) is 11.2 Å². The number of ether oxygens (including phenoxy) is 3. The third kappa shape index (κ3) is 3.78. The van der Waals surface area contributed by atoms with Crippen LogP contribution in [0.1, 0.15) is 36.9 Å². The van der Waals surface area contributed by atoms with E-state index in [4.69, 9.17) is 23.9 Å². The quantitative estimate of drug-likeness (QED) is 0.450. The molecular weight excluding hydrogens is 335 g/mol. The van der Waals surface area contributed by atoms with E-state index in [0.29, 0.717) is 6.61 Å². The number of benzene rings is 1. The molecule has 137 valence electrons. The summed E-state index contributed by atoms with van der Waals surface area (Å²) in [7, 11) is 3.28. The fourth-order valence-electron chi connectivity index (χ4n) is 3.27. The molecule has 2 aromatic rings. The second kappa shape index (κ2) is 8.22. The normalized spacial score (nSPS) is 23.0. The van der Waals surface area contributed by atoms with Crippen molar-refractivity contribution in [2.24, 2.45) is 0 Å². The average Bonchev–Trinajstić information content (AvgIpc) is 3.39. The molecule has 2 fully saturated rings. The van der Waals surface area contributed by atoms with Gasteiger partial charge in [0.05, 0.1) is 12.8 Å². The number of rotatable bonds is 6. The van der Waals surface area contributed by atoms with E-state index < -0.39 is 0 Å². The lowest BCUT2D eigenvalue weighted by atomic mass is 9.76. The van der Waals surface area contributed by atoms with Crippen LogP contribution >= 0.6 is 0 Å². The van der Waals surface area contributed by atoms with E-state index in [1.807, 2.05) is 29.2 Å². The average molecular weight is 357 g/mol. The maximum atomic E-state index is 5.80. The molecule has 4 rings (SSSR count). The highest BCUT2D eigenvalue weighted by atomic mass is 17.2. The molecular formula is C18H22BN2O5. The Balaban J connectivity index is 1.58. The van der Waals surface area contributed by atoms with Gasteiger partial charge in [-0.05, 0) is 36.5 Å². The van der Waals surface area contributed by atoms with Gasteiger partial charge in [0.15, 0.2) is 6.79 Å². The molecule has 0 amide bonds. The van der Waals surface area contributed by atoms with Crippen LogP contribution in [0.3, 0.4) is 0 Å². The maximum Gasteiger partial charge on any atom is 0.355 e. The molecule has 1 aromatic carbocycles. The molecule has 2 unspecified atom stereocenters. The summed E-state index contributed by atoms with van der Waals surface area (Å²) in [6, 6.07) is 6.10. The molecule has 26 heavy (non-hydrogen) atoms. The molecule has 0 bridgehead atoms. The lowest BCUT2D eigenvalue weighted by Gasteiger charge is -2.22. The predicted molar refractivity (Wildman–Crippen MR) is 94.5 cm³/mol. The Morgan fingerprint density at radius 3 is 3.04 bits per heavy atom. The van der Waals surface area contributed by atoms with Gasteiger partial charge in [0.25, 0.3) is 0 Å². The van der Waals surface area contributed by atoms with Gasteiger partial charge in [0, 0.05) is 31.3 Å². The van der Waals surface area contributed by atoms with Gasteiger partial charge >= 0.3 is 7.48 Å². The largest absolute Gasteiger partial charge is 0.467 e. The Kier molecular flexibility index (Phi) is 5.55. The maximum absolute atomic E-state index is 5.80. The molecule has 8 heteroatoms. The topological polar surface area (TPSA) is 64.0 Å². The van der Waals surface area contributed by atoms with E-state index in [0.717, 1.165) is 41.9 Å². The van der Waals surface area contributed by atoms with Crippen molar-refractivity contribution in [3.05, 3.63) is 36.2 Å². The monoisotopic (exact) mass is 357 g/mol. The summed E-state index contributed by atoms with van der Waals surface area (Å²) in [5.41, 5.74) is 3.06. The summed E-state index contributed by atoms with van der Waals surface area (Å²) in [5, 5.41) is 4.49. The zero-order valence-electron chi connectivity index (χ0n) is 14.8. The lowest BCUT2D eigenvalue weighted by Crippen LogP contribution is -2.18. The highest BCUT2D eigenvalue weighted by molar-refractivity contribution is 6.30. The summed E-state index contributed by atoms with van der Waals surface area (Å²) in [6.07, 6.45) is 7.21. The number of methoxy groups -OCH3 is 1. The summed E-state index contributed by atoms with van der Waals surface area (Å²) in [6.45, 7) is 1.45. The van der Waals surface area contributed by atoms with Crippen LogP contribution in [0.4, 0.5) is 0 Å². The van der Waals surface area contributed by atoms with E-state index >= 15 is 0 Å². The van der Waals surface area contributed by atoms with Crippen molar-refractivity contribution in [3.63, 3.8) is 0 Å². The Labute approximate surface area is 153 Å². The van der Waals surface area contributed by atoms with Gasteiger partial charge in [-0.1, -0.05) is 12.1 Å². The Bertz CT molecular complexity index is 726. The summed E-state index contributed by atoms with van der Waals surface area (Å²) >= 11 is 0. The first-order chi connectivity index (χ1) is 12.8. The van der Waals surface area contributed by atoms with Crippen molar-refractivity contribution in [2.75, 3.05) is 27.1 Å². The molecule has 0 aliphatic carbocycles. The minimum atomic E-state index is 0.0309. The van der Waals surface area contributed by atoms with Crippen molar-refractivity contribution >= 4 is 7.48 Å². The van der Waals surface area contributed by atoms with Gasteiger partial charge in [-0.25, -0.2) is 4.68 Å². The highest BCUT2D eigenvalue weighted by Crippen LogP contribution is 2.34. The Hall–Kier alpha value is -1.87. The lowest BCUT2D eigenvalue weighted by molar-refractivity contribution is -0.183. The number of aromatic nitrogens is 2. The number of hydrogen-bond donors (Lipinski definition) is 0. The fraction of sp³-hybridized carbons (Fsp3) is 0.500. The molecule has 0 N–H and O–H groups in total. The fourth-order valence-corrected chi connectivity index (χ4v) is 3.27. The number of nitrogens with zero attached hydrogens (tertiary/aromatic N) is 2. The van der Waals surface area contributed by atoms with Crippen molar-refractivity contribution in [1.29, 1.82) is 0 Å². The minimum Gasteiger partial charge on any atom is -0.467 e. The van der Waals surface area contributed by atoms with Crippen molar-refractivity contribution in [3.8, 4) is 16.9 Å². The van der Waals surface area contributed by atoms with Crippen LogP contribution in [0, 0.1) is 0 Å². The first-order valence-electron chi connectivity index (χ1n) is 8.88. The molecule has 3 heterocycles. The van der Waals surface area contributed by atoms with E-state index in [1.54, 1.807) is 14.6 Å². The van der Waals surface area contributed by atoms with Crippen molar-refractivity contribution in [2.45, 2.75) is 31.3 Å². The van der Waals surface area contributed by atoms with Crippen LogP contribution in [0.2, 0.25) is 0 Å². The summed E-state index contributed by atoms with van der Waals surface area (Å²) in [5.74, 6) is 0.788. The molecule has 7 nitrogen and oxygen atoms in total. The van der Waals surface area contributed by atoms with Crippen molar-refractivity contribution in [1.82, 2.24) is 9.78 Å². The van der Waals surface area contributed by atoms with Crippen LogP contribution < -0.4 is 4.74 Å². The first-order valence-corrected chi connectivity index (χ1v) is 8.88. The molecule has 2 atom stereocenters. The van der Waals surface area contributed by atoms with Gasteiger partial charge in [0.1, 0.15) is 12.0 Å². The Morgan fingerprint density at radius 1 is 1.31 bits per heavy atom. The van der Waals surface area contributed by atoms with Crippen molar-refractivity contribution < 1.29 is 23.9 Å². The van der Waals surface area contributed by atoms with Gasteiger partial charge in [-0.2, -0.15) is 5.10 Å². The zero-order chi connectivity index (χ0) is 17.8. The smallest absolute Gasteiger partial charge is 0.355 e. The van der Waals surface area contributed by atoms with Crippen LogP contribution in [-0.2, 0) is 19.2 Å². The first kappa shape index (κ1) is 17.5. The second-order valence-electron chi connectivity index (χ2n) is 6.46. The van der Waals surface area contributed by atoms with Gasteiger partial charge < -0.3 is 19.0 Å². The summed E-state index contributed by atoms with van der Waals surface area (Å²) in [4.78, 5) is 9.90. The minimum absolute atomic E-state index is 0.0309. The van der Waals surface area contributed by atoms with Gasteiger partial charge in [-0.15, -0.1) is 0 Å². The molecule has 2 aliphatic heterocycles. The van der Waals surface area contributed by atoms with E-state index in [9.17, 15) is 0 Å². The van der Waals surface area contributed by atoms with E-state index in [-0.39, 0.29) is 18.8 Å². The molecule has 1 aromatic heterocycles. The molecule has 1 radical (unpaired) electrons. The summed E-state index contributed by atoms with van der Waals surface area (Å²) < 4.78 is 18.6. The molecule has 2 aliphatic rings. The predicted octanol–water partition coefficient (Wildman–Crippen LogP) is 2.85. The molecule has 2 saturated heterocycles. The molecule has 0 saturated carbocycles. The highest BCUT2D eigenvalue weighted by Gasteiger charge is 2.26. The van der Waals surface area contributed by atoms with Crippen LogP contribution in [-0.4, -0.2) is 44.4 Å². The van der Waals surface area contributed by atoms with Crippen LogP contribution in [0.15, 0.2) is 30.6 Å². The zero-order valence-corrected chi connectivity index (χ0v) is 14.8. The third-order valence-electron chi connectivity index (χ3n) is 4.67. The van der Waals surface area contributed by atoms with E-state index in [1.165, 1.54) is 6.42 Å². The van der Waals surface area contributed by atoms with Gasteiger partial charge in [0.2, 0.25) is 0 Å². The van der Waals surface area contributed by atoms with Crippen LogP contribution in [0.25, 0.3) is 11.1 Å². The van der Waals surface area contributed by atoms with Gasteiger partial charge in [-0.3, -0.25) is 4.89 Å². The molecule has 0 spiro atoms. The third-order valence-corrected chi connectivity index (χ3v) is 4.67. The van der Waals surface area contributed by atoms with Crippen LogP contribution in [0.5, 0.6) is 5.75 Å². The SMILES string of the molecule is COCOc1cc(-c2cnn(C3CCCCO3)c2)ccc1C1[B]OOC1. The second-order valence-corrected chi connectivity index (χ2v) is 6.46. The Morgan fingerprint density at radius 2 is 2.27 bits per heavy atom. The standard InChI is InChI=1S/C18H22BN2O5/c1-22-12-24-17-8-13(5-6-15(17)16-11-25-26-19-16)14-9-20-21(10-14)18-4-2-3-7-23-18/h5-6,8-10,16,18H,2-4,7,11-12H2,1H3. The number of hydrogen-bond acceptors (Lipinski definition) is 6.